The smallest absolute Gasteiger partial charge is 0.272 e. The first-order valence-corrected chi connectivity index (χ1v) is 9.25. The van der Waals surface area contributed by atoms with Gasteiger partial charge in [-0.05, 0) is 30.3 Å². The predicted molar refractivity (Wildman–Crippen MR) is 106 cm³/mol. The van der Waals surface area contributed by atoms with Crippen LogP contribution in [0, 0.1) is 0 Å². The molecular formula is C20H20ClN5O. The number of pyridine rings is 1. The van der Waals surface area contributed by atoms with Gasteiger partial charge in [-0.3, -0.25) is 9.48 Å². The number of hydrogen-bond acceptors (Lipinski definition) is 4. The van der Waals surface area contributed by atoms with Crippen molar-refractivity contribution < 1.29 is 4.79 Å². The van der Waals surface area contributed by atoms with Crippen LogP contribution < -0.4 is 4.90 Å². The number of carbonyl (C=O) groups is 1. The molecule has 7 heteroatoms. The van der Waals surface area contributed by atoms with E-state index in [0.29, 0.717) is 23.8 Å². The zero-order chi connectivity index (χ0) is 18.8. The first-order chi connectivity index (χ1) is 13.1. The summed E-state index contributed by atoms with van der Waals surface area (Å²) < 4.78 is 1.64. The number of piperazine rings is 1. The highest BCUT2D eigenvalue weighted by molar-refractivity contribution is 6.30. The minimum atomic E-state index is -0.000973. The van der Waals surface area contributed by atoms with E-state index < -0.39 is 0 Å². The zero-order valence-corrected chi connectivity index (χ0v) is 15.8. The van der Waals surface area contributed by atoms with Gasteiger partial charge in [-0.15, -0.1) is 0 Å². The molecule has 6 nitrogen and oxygen atoms in total. The van der Waals surface area contributed by atoms with Gasteiger partial charge in [0, 0.05) is 50.0 Å². The molecule has 0 saturated carbocycles. The number of anilines is 1. The Bertz CT molecular complexity index is 948. The SMILES string of the molecule is Cn1nc(-c2cccc(Cl)c2)cc1C(=O)N1CCN(c2ccccn2)CC1. The maximum absolute atomic E-state index is 13.0. The highest BCUT2D eigenvalue weighted by atomic mass is 35.5. The normalized spacial score (nSPS) is 14.4. The minimum Gasteiger partial charge on any atom is -0.353 e. The van der Waals surface area contributed by atoms with Crippen molar-refractivity contribution in [3.8, 4) is 11.3 Å². The standard InChI is InChI=1S/C20H20ClN5O/c1-24-18(14-17(23-24)15-5-4-6-16(21)13-15)20(27)26-11-9-25(10-12-26)19-7-2-3-8-22-19/h2-8,13-14H,9-12H2,1H3. The van der Waals surface area contributed by atoms with Crippen LogP contribution in [0.3, 0.4) is 0 Å². The minimum absolute atomic E-state index is 0.000973. The van der Waals surface area contributed by atoms with E-state index in [4.69, 9.17) is 11.6 Å². The van der Waals surface area contributed by atoms with Crippen molar-refractivity contribution in [2.24, 2.45) is 7.05 Å². The Morgan fingerprint density at radius 2 is 1.85 bits per heavy atom. The number of halogens is 1. The average Bonchev–Trinajstić information content (AvgIpc) is 3.10. The number of aromatic nitrogens is 3. The van der Waals surface area contributed by atoms with Gasteiger partial charge in [0.2, 0.25) is 0 Å². The summed E-state index contributed by atoms with van der Waals surface area (Å²) in [5.74, 6) is 0.951. The second-order valence-corrected chi connectivity index (χ2v) is 6.95. The van der Waals surface area contributed by atoms with Crippen LogP contribution in [0.4, 0.5) is 5.82 Å². The summed E-state index contributed by atoms with van der Waals surface area (Å²) >= 11 is 6.07. The van der Waals surface area contributed by atoms with Gasteiger partial charge in [0.1, 0.15) is 11.5 Å². The number of carbonyl (C=O) groups excluding carboxylic acids is 1. The molecule has 0 N–H and O–H groups in total. The van der Waals surface area contributed by atoms with Crippen LogP contribution >= 0.6 is 11.6 Å². The van der Waals surface area contributed by atoms with Crippen LogP contribution in [0.1, 0.15) is 10.5 Å². The second kappa shape index (κ2) is 7.40. The molecule has 0 bridgehead atoms. The number of benzene rings is 1. The molecule has 138 valence electrons. The lowest BCUT2D eigenvalue weighted by Crippen LogP contribution is -2.49. The summed E-state index contributed by atoms with van der Waals surface area (Å²) in [5, 5.41) is 5.14. The first-order valence-electron chi connectivity index (χ1n) is 8.87. The third kappa shape index (κ3) is 3.66. The lowest BCUT2D eigenvalue weighted by molar-refractivity contribution is 0.0735. The van der Waals surface area contributed by atoms with E-state index in [1.807, 2.05) is 53.4 Å². The third-order valence-corrected chi connectivity index (χ3v) is 4.99. The Morgan fingerprint density at radius 3 is 2.56 bits per heavy atom. The molecule has 3 heterocycles. The molecule has 0 spiro atoms. The molecule has 0 aliphatic carbocycles. The molecule has 0 atom stereocenters. The molecule has 27 heavy (non-hydrogen) atoms. The zero-order valence-electron chi connectivity index (χ0n) is 15.0. The van der Waals surface area contributed by atoms with Gasteiger partial charge in [-0.25, -0.2) is 4.98 Å². The Morgan fingerprint density at radius 1 is 1.04 bits per heavy atom. The molecule has 0 unspecified atom stereocenters. The van der Waals surface area contributed by atoms with Crippen molar-refractivity contribution in [1.82, 2.24) is 19.7 Å². The molecule has 1 amide bonds. The van der Waals surface area contributed by atoms with Gasteiger partial charge >= 0.3 is 0 Å². The van der Waals surface area contributed by atoms with E-state index in [-0.39, 0.29) is 5.91 Å². The maximum atomic E-state index is 13.0. The van der Waals surface area contributed by atoms with Crippen molar-refractivity contribution in [2.75, 3.05) is 31.1 Å². The molecule has 1 aliphatic rings. The molecule has 1 saturated heterocycles. The van der Waals surface area contributed by atoms with Gasteiger partial charge in [0.15, 0.2) is 0 Å². The lowest BCUT2D eigenvalue weighted by atomic mass is 10.1. The Hall–Kier alpha value is -2.86. The number of amides is 1. The molecular weight excluding hydrogens is 362 g/mol. The van der Waals surface area contributed by atoms with Crippen LogP contribution in [0.5, 0.6) is 0 Å². The quantitative estimate of drug-likeness (QED) is 0.699. The fraction of sp³-hybridized carbons (Fsp3) is 0.250. The van der Waals surface area contributed by atoms with Crippen LogP contribution in [-0.4, -0.2) is 51.8 Å². The molecule has 3 aromatic rings. The maximum Gasteiger partial charge on any atom is 0.272 e. The van der Waals surface area contributed by atoms with Crippen molar-refractivity contribution >= 4 is 23.3 Å². The molecule has 4 rings (SSSR count). The first kappa shape index (κ1) is 17.5. The molecule has 2 aromatic heterocycles. The highest BCUT2D eigenvalue weighted by Crippen LogP contribution is 2.23. The van der Waals surface area contributed by atoms with Gasteiger partial charge in [-0.1, -0.05) is 29.8 Å². The van der Waals surface area contributed by atoms with Crippen LogP contribution in [0.15, 0.2) is 54.7 Å². The summed E-state index contributed by atoms with van der Waals surface area (Å²) in [5.41, 5.74) is 2.23. The number of aryl methyl sites for hydroxylation is 1. The molecule has 1 aliphatic heterocycles. The average molecular weight is 382 g/mol. The summed E-state index contributed by atoms with van der Waals surface area (Å²) in [4.78, 5) is 21.4. The highest BCUT2D eigenvalue weighted by Gasteiger charge is 2.25. The summed E-state index contributed by atoms with van der Waals surface area (Å²) in [6, 6.07) is 15.2. The fourth-order valence-electron chi connectivity index (χ4n) is 3.30. The van der Waals surface area contributed by atoms with E-state index in [1.165, 1.54) is 0 Å². The Kier molecular flexibility index (Phi) is 4.81. The van der Waals surface area contributed by atoms with E-state index in [0.717, 1.165) is 30.2 Å². The molecule has 1 fully saturated rings. The monoisotopic (exact) mass is 381 g/mol. The molecule has 0 radical (unpaired) electrons. The van der Waals surface area contributed by atoms with Gasteiger partial charge in [0.25, 0.3) is 5.91 Å². The number of rotatable bonds is 3. The van der Waals surface area contributed by atoms with Crippen LogP contribution in [0.2, 0.25) is 5.02 Å². The largest absolute Gasteiger partial charge is 0.353 e. The predicted octanol–water partition coefficient (Wildman–Crippen LogP) is 3.10. The second-order valence-electron chi connectivity index (χ2n) is 6.52. The summed E-state index contributed by atoms with van der Waals surface area (Å²) in [6.45, 7) is 2.85. The Balaban J connectivity index is 1.48. The summed E-state index contributed by atoms with van der Waals surface area (Å²) in [7, 11) is 1.80. The van der Waals surface area contributed by atoms with Crippen molar-refractivity contribution in [3.63, 3.8) is 0 Å². The summed E-state index contributed by atoms with van der Waals surface area (Å²) in [6.07, 6.45) is 1.79. The van der Waals surface area contributed by atoms with E-state index in [1.54, 1.807) is 17.9 Å². The van der Waals surface area contributed by atoms with Gasteiger partial charge < -0.3 is 9.80 Å². The lowest BCUT2D eigenvalue weighted by Gasteiger charge is -2.35. The van der Waals surface area contributed by atoms with Crippen molar-refractivity contribution in [3.05, 3.63) is 65.4 Å². The van der Waals surface area contributed by atoms with Crippen LogP contribution in [-0.2, 0) is 7.05 Å². The van der Waals surface area contributed by atoms with Gasteiger partial charge in [-0.2, -0.15) is 5.10 Å². The topological polar surface area (TPSA) is 54.3 Å². The molecule has 1 aromatic carbocycles. The number of hydrogen-bond donors (Lipinski definition) is 0. The Labute approximate surface area is 163 Å². The van der Waals surface area contributed by atoms with Crippen molar-refractivity contribution in [2.45, 2.75) is 0 Å². The number of nitrogens with zero attached hydrogens (tertiary/aromatic N) is 5. The van der Waals surface area contributed by atoms with Crippen LogP contribution in [0.25, 0.3) is 11.3 Å². The fourth-order valence-corrected chi connectivity index (χ4v) is 3.49. The van der Waals surface area contributed by atoms with E-state index in [9.17, 15) is 4.79 Å². The van der Waals surface area contributed by atoms with E-state index in [2.05, 4.69) is 15.0 Å². The van der Waals surface area contributed by atoms with Crippen molar-refractivity contribution in [1.29, 1.82) is 0 Å². The van der Waals surface area contributed by atoms with Gasteiger partial charge in [0.05, 0.1) is 5.69 Å². The third-order valence-electron chi connectivity index (χ3n) is 4.76. The van der Waals surface area contributed by atoms with E-state index >= 15 is 0 Å².